The van der Waals surface area contributed by atoms with Crippen molar-refractivity contribution in [3.63, 3.8) is 0 Å². The van der Waals surface area contributed by atoms with Crippen LogP contribution in [0.15, 0.2) is 38.4 Å². The fraction of sp³-hybridized carbons (Fsp3) is 0.333. The average molecular weight is 403 g/mol. The van der Waals surface area contributed by atoms with Crippen LogP contribution in [0.2, 0.25) is 0 Å². The predicted octanol–water partition coefficient (Wildman–Crippen LogP) is 1.45. The quantitative estimate of drug-likeness (QED) is 0.796. The van der Waals surface area contributed by atoms with Crippen molar-refractivity contribution in [3.05, 3.63) is 51.4 Å². The summed E-state index contributed by atoms with van der Waals surface area (Å²) in [4.78, 5) is 26.2. The van der Waals surface area contributed by atoms with Gasteiger partial charge in [-0.25, -0.2) is 5.10 Å². The Labute approximate surface area is 162 Å². The van der Waals surface area contributed by atoms with Crippen molar-refractivity contribution in [1.82, 2.24) is 15.1 Å². The molecule has 2 heterocycles. The molecule has 0 atom stereocenters. The van der Waals surface area contributed by atoms with E-state index in [1.807, 2.05) is 11.9 Å². The van der Waals surface area contributed by atoms with Crippen LogP contribution >= 0.6 is 0 Å². The van der Waals surface area contributed by atoms with Gasteiger partial charge in [0.25, 0.3) is 21.5 Å². The van der Waals surface area contributed by atoms with Gasteiger partial charge in [0.15, 0.2) is 0 Å². The van der Waals surface area contributed by atoms with Gasteiger partial charge < -0.3 is 10.2 Å². The van der Waals surface area contributed by atoms with Crippen LogP contribution in [0.4, 0.5) is 5.69 Å². The Hall–Kier alpha value is -3.01. The van der Waals surface area contributed by atoms with Crippen LogP contribution in [0, 0.1) is 13.8 Å². The normalized spacial score (nSPS) is 15.8. The third kappa shape index (κ3) is 3.96. The molecule has 1 fully saturated rings. The van der Waals surface area contributed by atoms with Crippen molar-refractivity contribution in [2.24, 2.45) is 4.40 Å². The lowest BCUT2D eigenvalue weighted by Crippen LogP contribution is -2.26. The number of carbonyl (C=O) groups excluding carboxylic acids is 1. The number of H-pyrrole nitrogens is 1. The molecule has 0 aliphatic carbocycles. The van der Waals surface area contributed by atoms with Gasteiger partial charge in [0.2, 0.25) is 0 Å². The molecule has 1 aliphatic heterocycles. The number of hydrogen-bond donors (Lipinski definition) is 2. The highest BCUT2D eigenvalue weighted by Crippen LogP contribution is 2.19. The van der Waals surface area contributed by atoms with E-state index in [1.54, 1.807) is 13.8 Å². The van der Waals surface area contributed by atoms with Crippen molar-refractivity contribution in [1.29, 1.82) is 0 Å². The zero-order valence-electron chi connectivity index (χ0n) is 15.8. The summed E-state index contributed by atoms with van der Waals surface area (Å²) in [6, 6.07) is 5.67. The van der Waals surface area contributed by atoms with Crippen LogP contribution in [0.25, 0.3) is 0 Å². The van der Waals surface area contributed by atoms with Crippen molar-refractivity contribution in [3.8, 4) is 0 Å². The van der Waals surface area contributed by atoms with Gasteiger partial charge in [-0.05, 0) is 50.1 Å². The summed E-state index contributed by atoms with van der Waals surface area (Å²) >= 11 is 0. The van der Waals surface area contributed by atoms with Crippen molar-refractivity contribution in [2.45, 2.75) is 31.6 Å². The number of anilines is 1. The largest absolute Gasteiger partial charge is 0.362 e. The van der Waals surface area contributed by atoms with Crippen LogP contribution < -0.4 is 10.9 Å². The van der Waals surface area contributed by atoms with Crippen molar-refractivity contribution < 1.29 is 13.2 Å². The minimum Gasteiger partial charge on any atom is -0.362 e. The molecule has 0 radical (unpaired) electrons. The van der Waals surface area contributed by atoms with Gasteiger partial charge in [-0.1, -0.05) is 0 Å². The number of likely N-dealkylation sites (tertiary alicyclic amines) is 1. The minimum atomic E-state index is -3.82. The standard InChI is InChI=1S/C18H21N5O4S/c1-11-12(2)20-21-18(25)16(11)17(24)19-13-6-8-14(9-7-13)28(26,27)22-15-5-4-10-23(15)3/h6-9H,4-5,10H2,1-3H3,(H,19,24)(H,21,25)/b22-15+. The number of aryl methyl sites for hydroxylation is 1. The topological polar surface area (TPSA) is 125 Å². The second-order valence-corrected chi connectivity index (χ2v) is 8.23. The molecule has 9 nitrogen and oxygen atoms in total. The van der Waals surface area contributed by atoms with Crippen LogP contribution in [-0.4, -0.2) is 48.9 Å². The van der Waals surface area contributed by atoms with E-state index in [9.17, 15) is 18.0 Å². The second-order valence-electron chi connectivity index (χ2n) is 6.62. The molecule has 28 heavy (non-hydrogen) atoms. The lowest BCUT2D eigenvalue weighted by molar-refractivity contribution is 0.102. The second kappa shape index (κ2) is 7.55. The molecule has 0 unspecified atom stereocenters. The molecule has 1 saturated heterocycles. The Morgan fingerprint density at radius 3 is 2.54 bits per heavy atom. The smallest absolute Gasteiger partial charge is 0.283 e. The summed E-state index contributed by atoms with van der Waals surface area (Å²) in [6.07, 6.45) is 1.51. The van der Waals surface area contributed by atoms with Gasteiger partial charge in [-0.15, -0.1) is 4.40 Å². The van der Waals surface area contributed by atoms with Gasteiger partial charge in [0.1, 0.15) is 11.4 Å². The average Bonchev–Trinajstić information content (AvgIpc) is 3.03. The number of rotatable bonds is 4. The van der Waals surface area contributed by atoms with Gasteiger partial charge >= 0.3 is 0 Å². The molecule has 1 aliphatic rings. The number of aromatic nitrogens is 2. The van der Waals surface area contributed by atoms with E-state index < -0.39 is 21.5 Å². The van der Waals surface area contributed by atoms with E-state index in [0.29, 0.717) is 29.2 Å². The maximum Gasteiger partial charge on any atom is 0.283 e. The van der Waals surface area contributed by atoms with E-state index in [0.717, 1.165) is 13.0 Å². The first-order valence-corrected chi connectivity index (χ1v) is 10.2. The Morgan fingerprint density at radius 1 is 1.25 bits per heavy atom. The fourth-order valence-corrected chi connectivity index (χ4v) is 4.00. The van der Waals surface area contributed by atoms with Crippen LogP contribution in [0.1, 0.15) is 34.5 Å². The molecular weight excluding hydrogens is 382 g/mol. The molecule has 0 spiro atoms. The highest BCUT2D eigenvalue weighted by atomic mass is 32.2. The molecule has 2 N–H and O–H groups in total. The maximum atomic E-state index is 12.5. The predicted molar refractivity (Wildman–Crippen MR) is 105 cm³/mol. The van der Waals surface area contributed by atoms with Crippen molar-refractivity contribution >= 4 is 27.5 Å². The van der Waals surface area contributed by atoms with Gasteiger partial charge in [0, 0.05) is 25.7 Å². The number of nitrogens with one attached hydrogen (secondary N) is 2. The molecule has 2 aromatic rings. The number of hydrogen-bond acceptors (Lipinski definition) is 5. The van der Waals surface area contributed by atoms with Crippen LogP contribution in [0.5, 0.6) is 0 Å². The summed E-state index contributed by atoms with van der Waals surface area (Å²) in [7, 11) is -2.01. The lowest BCUT2D eigenvalue weighted by atomic mass is 10.1. The van der Waals surface area contributed by atoms with Crippen molar-refractivity contribution in [2.75, 3.05) is 18.9 Å². The van der Waals surface area contributed by atoms with E-state index in [-0.39, 0.29) is 10.5 Å². The third-order valence-electron chi connectivity index (χ3n) is 4.67. The minimum absolute atomic E-state index is 0.0279. The number of aromatic amines is 1. The Morgan fingerprint density at radius 2 is 1.93 bits per heavy atom. The molecule has 0 bridgehead atoms. The number of benzene rings is 1. The number of sulfonamides is 1. The van der Waals surface area contributed by atoms with E-state index >= 15 is 0 Å². The van der Waals surface area contributed by atoms with Crippen LogP contribution in [-0.2, 0) is 10.0 Å². The van der Waals surface area contributed by atoms with Gasteiger partial charge in [-0.3, -0.25) is 9.59 Å². The zero-order chi connectivity index (χ0) is 20.5. The van der Waals surface area contributed by atoms with E-state index in [4.69, 9.17) is 0 Å². The fourth-order valence-electron chi connectivity index (χ4n) is 2.90. The Bertz CT molecular complexity index is 1100. The SMILES string of the molecule is Cc1n[nH]c(=O)c(C(=O)Nc2ccc(S(=O)(=O)/N=C3\CCCN3C)cc2)c1C. The Kier molecular flexibility index (Phi) is 5.32. The van der Waals surface area contributed by atoms with Gasteiger partial charge in [-0.2, -0.15) is 13.5 Å². The van der Waals surface area contributed by atoms with Crippen LogP contribution in [0.3, 0.4) is 0 Å². The molecule has 1 amide bonds. The molecule has 1 aromatic carbocycles. The van der Waals surface area contributed by atoms with E-state index in [2.05, 4.69) is 19.9 Å². The lowest BCUT2D eigenvalue weighted by Gasteiger charge is -2.11. The number of amides is 1. The maximum absolute atomic E-state index is 12.5. The highest BCUT2D eigenvalue weighted by Gasteiger charge is 2.21. The summed E-state index contributed by atoms with van der Waals surface area (Å²) in [5, 5.41) is 8.69. The first kappa shape index (κ1) is 19.7. The molecule has 3 rings (SSSR count). The monoisotopic (exact) mass is 403 g/mol. The number of amidine groups is 1. The summed E-state index contributed by atoms with van der Waals surface area (Å²) < 4.78 is 28.8. The molecule has 0 saturated carbocycles. The number of carbonyl (C=O) groups is 1. The van der Waals surface area contributed by atoms with Gasteiger partial charge in [0.05, 0.1) is 10.6 Å². The molecule has 1 aromatic heterocycles. The molecule has 148 valence electrons. The zero-order valence-corrected chi connectivity index (χ0v) is 16.6. The Balaban J connectivity index is 1.81. The molecule has 10 heteroatoms. The third-order valence-corrected chi connectivity index (χ3v) is 5.99. The first-order valence-electron chi connectivity index (χ1n) is 8.71. The van der Waals surface area contributed by atoms with E-state index in [1.165, 1.54) is 24.3 Å². The summed E-state index contributed by atoms with van der Waals surface area (Å²) in [6.45, 7) is 4.11. The number of nitrogens with zero attached hydrogens (tertiary/aromatic N) is 3. The first-order chi connectivity index (χ1) is 13.2. The summed E-state index contributed by atoms with van der Waals surface area (Å²) in [5.74, 6) is -0.0483. The summed E-state index contributed by atoms with van der Waals surface area (Å²) in [5.41, 5.74) is 0.776. The molecular formula is C18H21N5O4S. The highest BCUT2D eigenvalue weighted by molar-refractivity contribution is 7.90.